The molecule has 28 heavy (non-hydrogen) atoms. The van der Waals surface area contributed by atoms with Crippen molar-refractivity contribution in [3.8, 4) is 0 Å². The molecule has 6 nitrogen and oxygen atoms in total. The summed E-state index contributed by atoms with van der Waals surface area (Å²) in [7, 11) is 0. The molecule has 0 bridgehead atoms. The molecular weight excluding hydrogens is 372 g/mol. The summed E-state index contributed by atoms with van der Waals surface area (Å²) in [6.07, 6.45) is 4.54. The number of piperidine rings is 1. The van der Waals surface area contributed by atoms with Crippen LogP contribution in [0.5, 0.6) is 0 Å². The molecule has 5 rings (SSSR count). The summed E-state index contributed by atoms with van der Waals surface area (Å²) < 4.78 is 1.88. The number of halogens is 1. The van der Waals surface area contributed by atoms with E-state index in [1.54, 1.807) is 6.33 Å². The Balaban J connectivity index is 1.58. The van der Waals surface area contributed by atoms with Gasteiger partial charge in [-0.2, -0.15) is 10.1 Å². The number of nitrogens with zero attached hydrogens (tertiary/aromatic N) is 6. The zero-order valence-electron chi connectivity index (χ0n) is 15.9. The fourth-order valence-corrected chi connectivity index (χ4v) is 4.42. The molecule has 1 aromatic carbocycles. The Morgan fingerprint density at radius 3 is 2.93 bits per heavy atom. The second kappa shape index (κ2) is 6.71. The molecule has 1 unspecified atom stereocenters. The summed E-state index contributed by atoms with van der Waals surface area (Å²) in [5, 5.41) is 7.41. The van der Waals surface area contributed by atoms with Crippen molar-refractivity contribution in [3.63, 3.8) is 0 Å². The van der Waals surface area contributed by atoms with Crippen molar-refractivity contribution in [2.75, 3.05) is 18.0 Å². The molecular formula is C21H21ClN6. The molecule has 0 aliphatic carbocycles. The number of pyridine rings is 1. The third-order valence-corrected chi connectivity index (χ3v) is 5.99. The van der Waals surface area contributed by atoms with Crippen molar-refractivity contribution >= 4 is 34.0 Å². The van der Waals surface area contributed by atoms with Gasteiger partial charge in [-0.15, -0.1) is 0 Å². The van der Waals surface area contributed by atoms with E-state index in [0.29, 0.717) is 17.6 Å². The lowest BCUT2D eigenvalue weighted by Crippen LogP contribution is -2.39. The fourth-order valence-electron chi connectivity index (χ4n) is 4.25. The van der Waals surface area contributed by atoms with Gasteiger partial charge in [0, 0.05) is 41.3 Å². The summed E-state index contributed by atoms with van der Waals surface area (Å²) in [5.41, 5.74) is 2.13. The summed E-state index contributed by atoms with van der Waals surface area (Å²) in [6, 6.07) is 10.2. The third-order valence-electron chi connectivity index (χ3n) is 5.75. The van der Waals surface area contributed by atoms with Crippen LogP contribution < -0.4 is 4.90 Å². The van der Waals surface area contributed by atoms with Crippen molar-refractivity contribution < 1.29 is 0 Å². The number of aryl methyl sites for hydroxylation is 1. The molecule has 4 aromatic rings. The minimum Gasteiger partial charge on any atom is -0.355 e. The minimum absolute atomic E-state index is 0.316. The number of hydrogen-bond acceptors (Lipinski definition) is 5. The molecule has 142 valence electrons. The first-order chi connectivity index (χ1) is 13.6. The van der Waals surface area contributed by atoms with Crippen molar-refractivity contribution in [1.82, 2.24) is 24.6 Å². The van der Waals surface area contributed by atoms with Gasteiger partial charge >= 0.3 is 0 Å². The lowest BCUT2D eigenvalue weighted by Gasteiger charge is -2.38. The highest BCUT2D eigenvalue weighted by molar-refractivity contribution is 6.31. The van der Waals surface area contributed by atoms with Gasteiger partial charge in [0.1, 0.15) is 12.1 Å². The average Bonchev–Trinajstić information content (AvgIpc) is 3.16. The Labute approximate surface area is 168 Å². The van der Waals surface area contributed by atoms with Crippen molar-refractivity contribution in [2.45, 2.75) is 26.2 Å². The smallest absolute Gasteiger partial charge is 0.252 e. The van der Waals surface area contributed by atoms with E-state index in [-0.39, 0.29) is 0 Å². The SMILES string of the molecule is Cc1cc(C2CN(c3nccc4ccc(Cl)cc34)CC[C@H]2C)n2ncnc2n1. The van der Waals surface area contributed by atoms with Crippen LogP contribution in [0.4, 0.5) is 5.82 Å². The minimum atomic E-state index is 0.316. The first kappa shape index (κ1) is 17.4. The first-order valence-electron chi connectivity index (χ1n) is 9.56. The van der Waals surface area contributed by atoms with Crippen LogP contribution in [0.3, 0.4) is 0 Å². The largest absolute Gasteiger partial charge is 0.355 e. The van der Waals surface area contributed by atoms with Crippen molar-refractivity contribution in [2.24, 2.45) is 5.92 Å². The maximum absolute atomic E-state index is 6.28. The van der Waals surface area contributed by atoms with Gasteiger partial charge in [0.05, 0.1) is 5.69 Å². The van der Waals surface area contributed by atoms with Crippen molar-refractivity contribution in [3.05, 3.63) is 59.3 Å². The number of hydrogen-bond donors (Lipinski definition) is 0. The molecule has 1 saturated heterocycles. The highest BCUT2D eigenvalue weighted by atomic mass is 35.5. The topological polar surface area (TPSA) is 59.2 Å². The van der Waals surface area contributed by atoms with Gasteiger partial charge in [-0.1, -0.05) is 24.6 Å². The van der Waals surface area contributed by atoms with Gasteiger partial charge in [0.2, 0.25) is 0 Å². The Morgan fingerprint density at radius 2 is 2.04 bits per heavy atom. The fraction of sp³-hybridized carbons (Fsp3) is 0.333. The average molecular weight is 393 g/mol. The number of anilines is 1. The second-order valence-corrected chi connectivity index (χ2v) is 8.05. The van der Waals surface area contributed by atoms with Crippen LogP contribution >= 0.6 is 11.6 Å². The number of benzene rings is 1. The van der Waals surface area contributed by atoms with Gasteiger partial charge in [0.25, 0.3) is 5.78 Å². The van der Waals surface area contributed by atoms with E-state index >= 15 is 0 Å². The van der Waals surface area contributed by atoms with Gasteiger partial charge in [-0.05, 0) is 48.9 Å². The van der Waals surface area contributed by atoms with E-state index in [2.05, 4.69) is 39.0 Å². The van der Waals surface area contributed by atoms with Gasteiger partial charge in [0.15, 0.2) is 0 Å². The predicted molar refractivity (Wildman–Crippen MR) is 111 cm³/mol. The zero-order chi connectivity index (χ0) is 19.3. The molecule has 1 aliphatic heterocycles. The molecule has 0 spiro atoms. The van der Waals surface area contributed by atoms with Gasteiger partial charge in [-0.25, -0.2) is 14.5 Å². The number of rotatable bonds is 2. The normalized spacial score (nSPS) is 20.2. The second-order valence-electron chi connectivity index (χ2n) is 7.61. The van der Waals surface area contributed by atoms with Crippen molar-refractivity contribution in [1.29, 1.82) is 0 Å². The monoisotopic (exact) mass is 392 g/mol. The van der Waals surface area contributed by atoms with Crippen LogP contribution in [0.2, 0.25) is 5.02 Å². The molecule has 0 amide bonds. The molecule has 7 heteroatoms. The predicted octanol–water partition coefficient (Wildman–Crippen LogP) is 4.26. The quantitative estimate of drug-likeness (QED) is 0.510. The molecule has 3 aromatic heterocycles. The van der Waals surface area contributed by atoms with Crippen LogP contribution in [-0.4, -0.2) is 37.7 Å². The molecule has 2 atom stereocenters. The molecule has 0 N–H and O–H groups in total. The Bertz CT molecular complexity index is 1170. The van der Waals surface area contributed by atoms with Crippen LogP contribution in [0.1, 0.15) is 30.7 Å². The van der Waals surface area contributed by atoms with Crippen LogP contribution in [0.25, 0.3) is 16.6 Å². The molecule has 1 aliphatic rings. The van der Waals surface area contributed by atoms with Gasteiger partial charge < -0.3 is 4.90 Å². The molecule has 1 fully saturated rings. The third kappa shape index (κ3) is 2.88. The molecule has 0 saturated carbocycles. The zero-order valence-corrected chi connectivity index (χ0v) is 16.6. The van der Waals surface area contributed by atoms with E-state index in [1.807, 2.05) is 35.8 Å². The van der Waals surface area contributed by atoms with Crippen LogP contribution in [0, 0.1) is 12.8 Å². The van der Waals surface area contributed by atoms with Crippen LogP contribution in [-0.2, 0) is 0 Å². The standard InChI is InChI=1S/C21H21ClN6/c1-13-6-8-27(20-17-10-16(22)4-3-15(17)5-7-23-20)11-18(13)19-9-14(2)26-21-24-12-25-28(19)21/h3-5,7,9-10,12-13,18H,6,8,11H2,1-2H3/t13-,18?/m1/s1. The maximum atomic E-state index is 6.28. The lowest BCUT2D eigenvalue weighted by atomic mass is 9.84. The molecule has 0 radical (unpaired) electrons. The van der Waals surface area contributed by atoms with E-state index in [1.165, 1.54) is 0 Å². The Kier molecular flexibility index (Phi) is 4.16. The molecule has 4 heterocycles. The first-order valence-corrected chi connectivity index (χ1v) is 9.94. The number of aromatic nitrogens is 5. The number of fused-ring (bicyclic) bond motifs is 2. The summed E-state index contributed by atoms with van der Waals surface area (Å²) in [6.45, 7) is 6.17. The lowest BCUT2D eigenvalue weighted by molar-refractivity contribution is 0.368. The Hall–Kier alpha value is -2.73. The highest BCUT2D eigenvalue weighted by Gasteiger charge is 2.31. The summed E-state index contributed by atoms with van der Waals surface area (Å²) >= 11 is 6.28. The Morgan fingerprint density at radius 1 is 1.14 bits per heavy atom. The van der Waals surface area contributed by atoms with Gasteiger partial charge in [-0.3, -0.25) is 0 Å². The highest BCUT2D eigenvalue weighted by Crippen LogP contribution is 2.36. The van der Waals surface area contributed by atoms with Crippen LogP contribution in [0.15, 0.2) is 42.9 Å². The van der Waals surface area contributed by atoms with E-state index in [0.717, 1.165) is 52.5 Å². The summed E-state index contributed by atoms with van der Waals surface area (Å²) in [4.78, 5) is 15.9. The maximum Gasteiger partial charge on any atom is 0.252 e. The van der Waals surface area contributed by atoms with E-state index < -0.39 is 0 Å². The van der Waals surface area contributed by atoms with E-state index in [9.17, 15) is 0 Å². The van der Waals surface area contributed by atoms with E-state index in [4.69, 9.17) is 16.6 Å². The summed E-state index contributed by atoms with van der Waals surface area (Å²) in [5.74, 6) is 2.51.